The Labute approximate surface area is 190 Å². The second-order valence-electron chi connectivity index (χ2n) is 7.84. The van der Waals surface area contributed by atoms with Crippen LogP contribution in [0.3, 0.4) is 0 Å². The van der Waals surface area contributed by atoms with E-state index in [1.807, 2.05) is 79.5 Å². The molecule has 0 saturated heterocycles. The number of likely N-dealkylation sites (N-methyl/N-ethyl adjacent to an activating group) is 1. The number of imidazole rings is 1. The summed E-state index contributed by atoms with van der Waals surface area (Å²) in [6.07, 6.45) is 3.56. The van der Waals surface area contributed by atoms with E-state index in [0.29, 0.717) is 23.6 Å². The molecule has 5 rings (SSSR count). The summed E-state index contributed by atoms with van der Waals surface area (Å²) in [7, 11) is 4.03. The van der Waals surface area contributed by atoms with Crippen LogP contribution in [0.25, 0.3) is 39.4 Å². The minimum absolute atomic E-state index is 0.171. The molecule has 0 atom stereocenters. The second kappa shape index (κ2) is 8.71. The van der Waals surface area contributed by atoms with Crippen LogP contribution in [0.5, 0.6) is 5.75 Å². The predicted octanol–water partition coefficient (Wildman–Crippen LogP) is 3.66. The van der Waals surface area contributed by atoms with Crippen LogP contribution in [0.4, 0.5) is 5.82 Å². The fraction of sp³-hybridized carbons (Fsp3) is 0.167. The van der Waals surface area contributed by atoms with Crippen molar-refractivity contribution in [2.45, 2.75) is 0 Å². The van der Waals surface area contributed by atoms with Gasteiger partial charge >= 0.3 is 0 Å². The van der Waals surface area contributed by atoms with Gasteiger partial charge in [0.05, 0.1) is 11.7 Å². The summed E-state index contributed by atoms with van der Waals surface area (Å²) in [4.78, 5) is 11.3. The molecule has 0 saturated carbocycles. The van der Waals surface area contributed by atoms with Gasteiger partial charge in [-0.25, -0.2) is 9.61 Å². The van der Waals surface area contributed by atoms with Crippen LogP contribution in [0.15, 0.2) is 71.6 Å². The number of hydrogen-bond donors (Lipinski definition) is 1. The van der Waals surface area contributed by atoms with Crippen molar-refractivity contribution in [3.63, 3.8) is 0 Å². The third kappa shape index (κ3) is 4.01. The lowest BCUT2D eigenvalue weighted by Gasteiger charge is -2.13. The smallest absolute Gasteiger partial charge is 0.199 e. The average Bonchev–Trinajstić information content (AvgIpc) is 3.43. The first-order valence-electron chi connectivity index (χ1n) is 10.5. The van der Waals surface area contributed by atoms with Gasteiger partial charge in [-0.3, -0.25) is 9.55 Å². The van der Waals surface area contributed by atoms with Crippen LogP contribution < -0.4 is 10.5 Å². The number of anilines is 1. The number of hydrogen-bond acceptors (Lipinski definition) is 8. The van der Waals surface area contributed by atoms with Gasteiger partial charge in [-0.05, 0) is 54.2 Å². The molecular weight excluding hydrogens is 418 g/mol. The number of nitrogens with zero attached hydrogens (tertiary/aromatic N) is 6. The zero-order valence-electron chi connectivity index (χ0n) is 18.3. The lowest BCUT2D eigenvalue weighted by atomic mass is 10.1. The summed E-state index contributed by atoms with van der Waals surface area (Å²) >= 11 is 0. The SMILES string of the molecule is CN(C)CCOc1ccc(-n2c(-c3nonc3N)nc3cncc(-c4ccccc4)c32)cc1. The molecule has 2 aromatic carbocycles. The predicted molar refractivity (Wildman–Crippen MR) is 126 cm³/mol. The summed E-state index contributed by atoms with van der Waals surface area (Å²) in [5.41, 5.74) is 10.8. The molecule has 5 aromatic rings. The molecule has 2 N–H and O–H groups in total. The Morgan fingerprint density at radius 2 is 1.79 bits per heavy atom. The lowest BCUT2D eigenvalue weighted by Crippen LogP contribution is -2.19. The van der Waals surface area contributed by atoms with Crippen LogP contribution in [0.2, 0.25) is 0 Å². The first-order valence-corrected chi connectivity index (χ1v) is 10.5. The largest absolute Gasteiger partial charge is 0.492 e. The summed E-state index contributed by atoms with van der Waals surface area (Å²) in [5, 5.41) is 7.74. The fourth-order valence-corrected chi connectivity index (χ4v) is 3.66. The lowest BCUT2D eigenvalue weighted by molar-refractivity contribution is 0.261. The standard InChI is InChI=1S/C24H23N7O2/c1-30(2)12-13-32-18-10-8-17(9-11-18)31-22-19(16-6-4-3-5-7-16)14-26-15-20(22)27-24(31)21-23(25)29-33-28-21/h3-11,14-15H,12-13H2,1-2H3,(H2,25,29). The van der Waals surface area contributed by atoms with E-state index in [2.05, 4.69) is 20.2 Å². The Kier molecular flexibility index (Phi) is 5.45. The molecule has 9 nitrogen and oxygen atoms in total. The van der Waals surface area contributed by atoms with Crippen molar-refractivity contribution in [3.05, 3.63) is 67.0 Å². The van der Waals surface area contributed by atoms with Crippen molar-refractivity contribution in [1.82, 2.24) is 29.7 Å². The molecule has 0 unspecified atom stereocenters. The number of benzene rings is 2. The number of nitrogens with two attached hydrogens (primary N) is 1. The first kappa shape index (κ1) is 20.7. The molecule has 0 amide bonds. The molecule has 0 spiro atoms. The van der Waals surface area contributed by atoms with E-state index in [4.69, 9.17) is 20.1 Å². The molecule has 9 heteroatoms. The molecule has 0 aliphatic rings. The molecular formula is C24H23N7O2. The molecule has 166 valence electrons. The van der Waals surface area contributed by atoms with Crippen molar-refractivity contribution in [2.75, 3.05) is 33.0 Å². The van der Waals surface area contributed by atoms with Gasteiger partial charge in [0.1, 0.15) is 17.9 Å². The number of ether oxygens (including phenoxy) is 1. The zero-order valence-corrected chi connectivity index (χ0v) is 18.3. The van der Waals surface area contributed by atoms with E-state index in [0.717, 1.165) is 34.6 Å². The Morgan fingerprint density at radius 3 is 2.48 bits per heavy atom. The molecule has 3 heterocycles. The average molecular weight is 441 g/mol. The van der Waals surface area contributed by atoms with Crippen LogP contribution in [0.1, 0.15) is 0 Å². The topological polar surface area (TPSA) is 108 Å². The second-order valence-corrected chi connectivity index (χ2v) is 7.84. The van der Waals surface area contributed by atoms with E-state index in [1.54, 1.807) is 6.20 Å². The molecule has 0 aliphatic carbocycles. The fourth-order valence-electron chi connectivity index (χ4n) is 3.66. The molecule has 3 aromatic heterocycles. The van der Waals surface area contributed by atoms with Crippen LogP contribution in [0, 0.1) is 0 Å². The van der Waals surface area contributed by atoms with Gasteiger partial charge < -0.3 is 15.4 Å². The number of nitrogen functional groups attached to an aromatic ring is 1. The zero-order chi connectivity index (χ0) is 22.8. The highest BCUT2D eigenvalue weighted by molar-refractivity contribution is 5.95. The number of pyridine rings is 1. The molecule has 0 fully saturated rings. The van der Waals surface area contributed by atoms with Gasteiger partial charge in [0.25, 0.3) is 0 Å². The van der Waals surface area contributed by atoms with Crippen molar-refractivity contribution in [3.8, 4) is 34.1 Å². The molecule has 0 radical (unpaired) electrons. The Morgan fingerprint density at radius 1 is 1.00 bits per heavy atom. The quantitative estimate of drug-likeness (QED) is 0.408. The Hall–Kier alpha value is -4.24. The minimum atomic E-state index is 0.171. The Balaban J connectivity index is 1.67. The maximum absolute atomic E-state index is 6.03. The minimum Gasteiger partial charge on any atom is -0.492 e. The third-order valence-corrected chi connectivity index (χ3v) is 5.27. The Bertz CT molecular complexity index is 1380. The van der Waals surface area contributed by atoms with Gasteiger partial charge in [-0.15, -0.1) is 0 Å². The van der Waals surface area contributed by atoms with E-state index in [9.17, 15) is 0 Å². The highest BCUT2D eigenvalue weighted by Crippen LogP contribution is 2.35. The highest BCUT2D eigenvalue weighted by Gasteiger charge is 2.22. The van der Waals surface area contributed by atoms with Gasteiger partial charge in [-0.1, -0.05) is 30.3 Å². The van der Waals surface area contributed by atoms with Crippen LogP contribution in [-0.4, -0.2) is 57.0 Å². The number of aromatic nitrogens is 5. The van der Waals surface area contributed by atoms with Crippen LogP contribution in [-0.2, 0) is 0 Å². The van der Waals surface area contributed by atoms with Crippen molar-refractivity contribution >= 4 is 16.9 Å². The maximum atomic E-state index is 6.03. The monoisotopic (exact) mass is 441 g/mol. The van der Waals surface area contributed by atoms with Gasteiger partial charge in [0.2, 0.25) is 0 Å². The number of rotatable bonds is 7. The molecule has 33 heavy (non-hydrogen) atoms. The third-order valence-electron chi connectivity index (χ3n) is 5.27. The normalized spacial score (nSPS) is 11.4. The summed E-state index contributed by atoms with van der Waals surface area (Å²) in [6, 6.07) is 17.9. The first-order chi connectivity index (χ1) is 16.1. The van der Waals surface area contributed by atoms with Gasteiger partial charge in [0.15, 0.2) is 17.3 Å². The van der Waals surface area contributed by atoms with Gasteiger partial charge in [-0.2, -0.15) is 0 Å². The van der Waals surface area contributed by atoms with Gasteiger partial charge in [0, 0.05) is 24.0 Å². The van der Waals surface area contributed by atoms with Crippen molar-refractivity contribution in [1.29, 1.82) is 0 Å². The number of fused-ring (bicyclic) bond motifs is 1. The summed E-state index contributed by atoms with van der Waals surface area (Å²) in [6.45, 7) is 1.44. The van der Waals surface area contributed by atoms with E-state index in [1.165, 1.54) is 0 Å². The van der Waals surface area contributed by atoms with Crippen molar-refractivity contribution < 1.29 is 9.37 Å². The van der Waals surface area contributed by atoms with E-state index >= 15 is 0 Å². The van der Waals surface area contributed by atoms with E-state index < -0.39 is 0 Å². The van der Waals surface area contributed by atoms with E-state index in [-0.39, 0.29) is 5.82 Å². The maximum Gasteiger partial charge on any atom is 0.199 e. The molecule has 0 bridgehead atoms. The van der Waals surface area contributed by atoms with Crippen molar-refractivity contribution in [2.24, 2.45) is 0 Å². The molecule has 0 aliphatic heterocycles. The van der Waals surface area contributed by atoms with Crippen LogP contribution >= 0.6 is 0 Å². The summed E-state index contributed by atoms with van der Waals surface area (Å²) in [5.74, 6) is 1.48. The summed E-state index contributed by atoms with van der Waals surface area (Å²) < 4.78 is 12.7. The highest BCUT2D eigenvalue weighted by atomic mass is 16.6.